The fourth-order valence-electron chi connectivity index (χ4n) is 3.03. The first-order chi connectivity index (χ1) is 14.5. The van der Waals surface area contributed by atoms with Crippen molar-refractivity contribution in [2.75, 3.05) is 24.2 Å². The monoisotopic (exact) mass is 449 g/mol. The zero-order valence-electron chi connectivity index (χ0n) is 16.7. The second kappa shape index (κ2) is 8.72. The van der Waals surface area contributed by atoms with Gasteiger partial charge in [-0.05, 0) is 35.9 Å². The van der Waals surface area contributed by atoms with Gasteiger partial charge < -0.3 is 10.1 Å². The van der Waals surface area contributed by atoms with Crippen LogP contribution in [0.25, 0.3) is 11.1 Å². The van der Waals surface area contributed by atoms with Crippen molar-refractivity contribution < 1.29 is 31.9 Å². The van der Waals surface area contributed by atoms with Gasteiger partial charge in [-0.1, -0.05) is 12.1 Å². The van der Waals surface area contributed by atoms with Crippen molar-refractivity contribution in [3.63, 3.8) is 0 Å². The van der Waals surface area contributed by atoms with Crippen LogP contribution in [0.4, 0.5) is 14.9 Å². The van der Waals surface area contributed by atoms with E-state index in [0.717, 1.165) is 6.26 Å². The number of ether oxygens (including phenoxy) is 1. The van der Waals surface area contributed by atoms with E-state index in [1.54, 1.807) is 6.07 Å². The maximum absolute atomic E-state index is 14.8. The molecule has 0 unspecified atom stereocenters. The SMILES string of the molecule is CC(=O)NC[C@H]1CN(c2ccc(-c3ccc(C(=O)NS(C)(=O)=O)cc3)c(F)c2)C(=O)O1. The summed E-state index contributed by atoms with van der Waals surface area (Å²) in [5.74, 6) is -1.63. The van der Waals surface area contributed by atoms with E-state index in [0.29, 0.717) is 11.3 Å². The van der Waals surface area contributed by atoms with E-state index in [1.165, 1.54) is 48.2 Å². The molecule has 2 N–H and O–H groups in total. The van der Waals surface area contributed by atoms with E-state index in [9.17, 15) is 27.2 Å². The third-order valence-electron chi connectivity index (χ3n) is 4.45. The summed E-state index contributed by atoms with van der Waals surface area (Å²) in [5.41, 5.74) is 1.12. The molecule has 0 spiro atoms. The Morgan fingerprint density at radius 3 is 2.45 bits per heavy atom. The Bertz CT molecular complexity index is 1130. The van der Waals surface area contributed by atoms with Crippen LogP contribution >= 0.6 is 0 Å². The normalized spacial score (nSPS) is 16.0. The Kier molecular flexibility index (Phi) is 6.25. The Morgan fingerprint density at radius 2 is 1.87 bits per heavy atom. The summed E-state index contributed by atoms with van der Waals surface area (Å²) in [7, 11) is -3.69. The number of halogens is 1. The van der Waals surface area contributed by atoms with Gasteiger partial charge in [-0.3, -0.25) is 14.5 Å². The highest BCUT2D eigenvalue weighted by molar-refractivity contribution is 7.89. The van der Waals surface area contributed by atoms with E-state index in [-0.39, 0.29) is 30.1 Å². The van der Waals surface area contributed by atoms with Crippen LogP contribution < -0.4 is 14.9 Å². The van der Waals surface area contributed by atoms with Crippen LogP contribution in [0.1, 0.15) is 17.3 Å². The average Bonchev–Trinajstić information content (AvgIpc) is 3.06. The Labute approximate surface area is 178 Å². The summed E-state index contributed by atoms with van der Waals surface area (Å²) in [6.45, 7) is 1.69. The maximum atomic E-state index is 14.8. The molecule has 1 fully saturated rings. The quantitative estimate of drug-likeness (QED) is 0.692. The molecule has 9 nitrogen and oxygen atoms in total. The molecule has 1 heterocycles. The van der Waals surface area contributed by atoms with E-state index in [2.05, 4.69) is 5.32 Å². The number of anilines is 1. The van der Waals surface area contributed by atoms with Crippen molar-refractivity contribution in [3.8, 4) is 11.1 Å². The van der Waals surface area contributed by atoms with Crippen LogP contribution in [0.15, 0.2) is 42.5 Å². The van der Waals surface area contributed by atoms with E-state index in [4.69, 9.17) is 4.74 Å². The van der Waals surface area contributed by atoms with Gasteiger partial charge in [0.15, 0.2) is 0 Å². The van der Waals surface area contributed by atoms with Crippen LogP contribution in [0.2, 0.25) is 0 Å². The predicted octanol–water partition coefficient (Wildman–Crippen LogP) is 1.64. The lowest BCUT2D eigenvalue weighted by Crippen LogP contribution is -2.33. The molecule has 1 aliphatic heterocycles. The molecular weight excluding hydrogens is 429 g/mol. The largest absolute Gasteiger partial charge is 0.442 e. The molecule has 1 aliphatic rings. The summed E-state index contributed by atoms with van der Waals surface area (Å²) in [5, 5.41) is 2.57. The van der Waals surface area contributed by atoms with Crippen molar-refractivity contribution >= 4 is 33.6 Å². The lowest BCUT2D eigenvalue weighted by molar-refractivity contribution is -0.119. The summed E-state index contributed by atoms with van der Waals surface area (Å²) < 4.78 is 44.1. The highest BCUT2D eigenvalue weighted by Crippen LogP contribution is 2.29. The Balaban J connectivity index is 1.74. The minimum absolute atomic E-state index is 0.108. The number of carbonyl (C=O) groups is 3. The molecule has 3 amide bonds. The van der Waals surface area contributed by atoms with Crippen molar-refractivity contribution in [1.82, 2.24) is 10.0 Å². The second-order valence-corrected chi connectivity index (χ2v) is 8.75. The number of hydrogen-bond donors (Lipinski definition) is 2. The minimum atomic E-state index is -3.69. The van der Waals surface area contributed by atoms with Gasteiger partial charge in [0.05, 0.1) is 25.0 Å². The number of nitrogens with one attached hydrogen (secondary N) is 2. The van der Waals surface area contributed by atoms with Crippen LogP contribution in [0, 0.1) is 5.82 Å². The summed E-state index contributed by atoms with van der Waals surface area (Å²) in [6, 6.07) is 9.99. The fourth-order valence-corrected chi connectivity index (χ4v) is 3.49. The average molecular weight is 449 g/mol. The standard InChI is InChI=1S/C20H20FN3O6S/c1-12(25)22-10-16-11-24(20(27)30-16)15-7-8-17(18(21)9-15)13-3-5-14(6-4-13)19(26)23-31(2,28)29/h3-9,16H,10-11H2,1-2H3,(H,22,25)(H,23,26)/t16-/m0/s1. The van der Waals surface area contributed by atoms with Crippen LogP contribution in [0.5, 0.6) is 0 Å². The van der Waals surface area contributed by atoms with Gasteiger partial charge >= 0.3 is 6.09 Å². The molecule has 1 saturated heterocycles. The molecule has 11 heteroatoms. The molecule has 3 rings (SSSR count). The van der Waals surface area contributed by atoms with Gasteiger partial charge in [0.1, 0.15) is 11.9 Å². The van der Waals surface area contributed by atoms with Crippen molar-refractivity contribution in [2.45, 2.75) is 13.0 Å². The first-order valence-electron chi connectivity index (χ1n) is 9.18. The van der Waals surface area contributed by atoms with E-state index < -0.39 is 33.9 Å². The highest BCUT2D eigenvalue weighted by atomic mass is 32.2. The zero-order chi connectivity index (χ0) is 22.8. The smallest absolute Gasteiger partial charge is 0.414 e. The van der Waals surface area contributed by atoms with Crippen molar-refractivity contribution in [2.24, 2.45) is 0 Å². The third kappa shape index (κ3) is 5.57. The van der Waals surface area contributed by atoms with Crippen molar-refractivity contribution in [3.05, 3.63) is 53.8 Å². The zero-order valence-corrected chi connectivity index (χ0v) is 17.5. The Morgan fingerprint density at radius 1 is 1.19 bits per heavy atom. The summed E-state index contributed by atoms with van der Waals surface area (Å²) in [6.07, 6.45) is -0.303. The second-order valence-electron chi connectivity index (χ2n) is 7.00. The molecule has 31 heavy (non-hydrogen) atoms. The summed E-state index contributed by atoms with van der Waals surface area (Å²) in [4.78, 5) is 36.2. The van der Waals surface area contributed by atoms with Gasteiger partial charge in [0, 0.05) is 18.1 Å². The van der Waals surface area contributed by atoms with Gasteiger partial charge in [-0.2, -0.15) is 0 Å². The Hall–Kier alpha value is -3.47. The van der Waals surface area contributed by atoms with Crippen LogP contribution in [-0.2, 0) is 19.6 Å². The predicted molar refractivity (Wildman–Crippen MR) is 110 cm³/mol. The maximum Gasteiger partial charge on any atom is 0.414 e. The molecule has 0 aromatic heterocycles. The number of hydrogen-bond acceptors (Lipinski definition) is 6. The van der Waals surface area contributed by atoms with E-state index in [1.807, 2.05) is 4.72 Å². The third-order valence-corrected chi connectivity index (χ3v) is 5.01. The molecule has 0 saturated carbocycles. The highest BCUT2D eigenvalue weighted by Gasteiger charge is 2.32. The van der Waals surface area contributed by atoms with Crippen LogP contribution in [0.3, 0.4) is 0 Å². The molecule has 1 atom stereocenters. The van der Waals surface area contributed by atoms with Crippen molar-refractivity contribution in [1.29, 1.82) is 0 Å². The lowest BCUT2D eigenvalue weighted by Gasteiger charge is -2.14. The first-order valence-corrected chi connectivity index (χ1v) is 11.1. The summed E-state index contributed by atoms with van der Waals surface area (Å²) >= 11 is 0. The minimum Gasteiger partial charge on any atom is -0.442 e. The van der Waals surface area contributed by atoms with E-state index >= 15 is 0 Å². The molecular formula is C20H20FN3O6S. The number of benzene rings is 2. The number of carbonyl (C=O) groups excluding carboxylic acids is 3. The van der Waals surface area contributed by atoms with Gasteiger partial charge in [-0.25, -0.2) is 22.3 Å². The number of amides is 3. The first kappa shape index (κ1) is 22.2. The number of sulfonamides is 1. The lowest BCUT2D eigenvalue weighted by atomic mass is 10.0. The number of cyclic esters (lactones) is 1. The topological polar surface area (TPSA) is 122 Å². The van der Waals surface area contributed by atoms with Gasteiger partial charge in [0.2, 0.25) is 15.9 Å². The molecule has 0 radical (unpaired) electrons. The molecule has 2 aromatic carbocycles. The molecule has 0 aliphatic carbocycles. The molecule has 0 bridgehead atoms. The molecule has 164 valence electrons. The fraction of sp³-hybridized carbons (Fsp3) is 0.250. The number of nitrogens with zero attached hydrogens (tertiary/aromatic N) is 1. The van der Waals surface area contributed by atoms with Gasteiger partial charge in [0.25, 0.3) is 5.91 Å². The van der Waals surface area contributed by atoms with Crippen LogP contribution in [-0.4, -0.2) is 51.8 Å². The number of rotatable bonds is 6. The molecule has 2 aromatic rings. The van der Waals surface area contributed by atoms with Gasteiger partial charge in [-0.15, -0.1) is 0 Å².